The molecule has 0 saturated heterocycles. The third-order valence-corrected chi connectivity index (χ3v) is 3.96. The first-order valence-corrected chi connectivity index (χ1v) is 7.34. The van der Waals surface area contributed by atoms with Crippen LogP contribution >= 0.6 is 31.9 Å². The first-order valence-electron chi connectivity index (χ1n) is 5.75. The number of benzene rings is 2. The molecule has 7 heteroatoms. The first kappa shape index (κ1) is 15.8. The van der Waals surface area contributed by atoms with E-state index >= 15 is 0 Å². The number of anilines is 1. The van der Waals surface area contributed by atoms with E-state index < -0.39 is 11.7 Å². The van der Waals surface area contributed by atoms with Crippen LogP contribution in [0.4, 0.5) is 10.1 Å². The summed E-state index contributed by atoms with van der Waals surface area (Å²) in [5.41, 5.74) is 0.272. The minimum Gasteiger partial charge on any atom is -0.508 e. The van der Waals surface area contributed by atoms with E-state index in [0.717, 1.165) is 6.07 Å². The fourth-order valence-corrected chi connectivity index (χ4v) is 2.91. The fraction of sp³-hybridized carbons (Fsp3) is 0.0714. The Morgan fingerprint density at radius 3 is 2.57 bits per heavy atom. The summed E-state index contributed by atoms with van der Waals surface area (Å²) in [6, 6.07) is 6.65. The van der Waals surface area contributed by atoms with Crippen molar-refractivity contribution < 1.29 is 19.0 Å². The van der Waals surface area contributed by atoms with Crippen LogP contribution in [0, 0.1) is 5.82 Å². The van der Waals surface area contributed by atoms with Crippen LogP contribution in [0.2, 0.25) is 0 Å². The van der Waals surface area contributed by atoms with Gasteiger partial charge >= 0.3 is 0 Å². The maximum atomic E-state index is 13.6. The van der Waals surface area contributed by atoms with Crippen molar-refractivity contribution in [2.24, 2.45) is 0 Å². The molecule has 21 heavy (non-hydrogen) atoms. The van der Waals surface area contributed by atoms with Crippen LogP contribution in [0.25, 0.3) is 0 Å². The second kappa shape index (κ2) is 6.44. The fourth-order valence-electron chi connectivity index (χ4n) is 1.66. The zero-order valence-corrected chi connectivity index (χ0v) is 14.0. The monoisotopic (exact) mass is 417 g/mol. The number of carbonyl (C=O) groups is 1. The molecule has 2 N–H and O–H groups in total. The van der Waals surface area contributed by atoms with Gasteiger partial charge in [-0.25, -0.2) is 4.39 Å². The summed E-state index contributed by atoms with van der Waals surface area (Å²) in [6.07, 6.45) is 0. The number of phenols is 1. The van der Waals surface area contributed by atoms with Crippen molar-refractivity contribution >= 4 is 43.5 Å². The molecule has 1 amide bonds. The highest BCUT2D eigenvalue weighted by Crippen LogP contribution is 2.34. The molecule has 0 bridgehead atoms. The van der Waals surface area contributed by atoms with Crippen LogP contribution in [0.1, 0.15) is 10.4 Å². The Labute approximate surface area is 137 Å². The number of amides is 1. The van der Waals surface area contributed by atoms with Crippen molar-refractivity contribution in [3.63, 3.8) is 0 Å². The average molecular weight is 419 g/mol. The Kier molecular flexibility index (Phi) is 4.84. The minimum atomic E-state index is -0.798. The number of phenolic OH excluding ortho intramolecular Hbond substituents is 1. The summed E-state index contributed by atoms with van der Waals surface area (Å²) in [5, 5.41) is 11.7. The lowest BCUT2D eigenvalue weighted by atomic mass is 10.2. The predicted molar refractivity (Wildman–Crippen MR) is 84.4 cm³/mol. The molecule has 0 aliphatic heterocycles. The molecule has 0 aromatic heterocycles. The van der Waals surface area contributed by atoms with E-state index in [1.807, 2.05) is 0 Å². The summed E-state index contributed by atoms with van der Waals surface area (Å²) in [7, 11) is 1.50. The van der Waals surface area contributed by atoms with Gasteiger partial charge in [-0.05, 0) is 50.1 Å². The lowest BCUT2D eigenvalue weighted by Gasteiger charge is -2.11. The number of halogens is 3. The van der Waals surface area contributed by atoms with Gasteiger partial charge in [0, 0.05) is 16.6 Å². The van der Waals surface area contributed by atoms with Gasteiger partial charge in [-0.2, -0.15) is 0 Å². The highest BCUT2D eigenvalue weighted by atomic mass is 79.9. The molecule has 0 saturated carbocycles. The zero-order valence-electron chi connectivity index (χ0n) is 10.8. The Morgan fingerprint density at radius 2 is 1.95 bits per heavy atom. The number of carbonyl (C=O) groups excluding carboxylic acids is 1. The smallest absolute Gasteiger partial charge is 0.258 e. The third kappa shape index (κ3) is 3.54. The van der Waals surface area contributed by atoms with Gasteiger partial charge in [0.15, 0.2) is 0 Å². The maximum absolute atomic E-state index is 13.6. The number of ether oxygens (including phenoxy) is 1. The lowest BCUT2D eigenvalue weighted by Crippen LogP contribution is -2.14. The van der Waals surface area contributed by atoms with Crippen LogP contribution in [0.15, 0.2) is 39.3 Å². The molecule has 0 spiro atoms. The quantitative estimate of drug-likeness (QED) is 0.780. The molecule has 2 aromatic carbocycles. The van der Waals surface area contributed by atoms with Gasteiger partial charge in [-0.1, -0.05) is 0 Å². The largest absolute Gasteiger partial charge is 0.508 e. The minimum absolute atomic E-state index is 0.165. The van der Waals surface area contributed by atoms with E-state index in [0.29, 0.717) is 20.4 Å². The van der Waals surface area contributed by atoms with Gasteiger partial charge in [0.05, 0.1) is 22.8 Å². The van der Waals surface area contributed by atoms with Gasteiger partial charge in [-0.3, -0.25) is 4.79 Å². The molecule has 0 heterocycles. The SMILES string of the molecule is COc1cc(NC(=O)c2ccc(O)cc2F)c(Br)cc1Br. The Morgan fingerprint density at radius 1 is 1.24 bits per heavy atom. The lowest BCUT2D eigenvalue weighted by molar-refractivity contribution is 0.102. The highest BCUT2D eigenvalue weighted by Gasteiger charge is 2.15. The van der Waals surface area contributed by atoms with Crippen LogP contribution in [-0.2, 0) is 0 Å². The summed E-state index contributed by atoms with van der Waals surface area (Å²) >= 11 is 6.62. The first-order chi connectivity index (χ1) is 9.92. The van der Waals surface area contributed by atoms with Crippen molar-refractivity contribution in [2.45, 2.75) is 0 Å². The molecular formula is C14H10Br2FNO3. The highest BCUT2D eigenvalue weighted by molar-refractivity contribution is 9.11. The number of hydrogen-bond donors (Lipinski definition) is 2. The average Bonchev–Trinajstić information content (AvgIpc) is 2.41. The van der Waals surface area contributed by atoms with Gasteiger partial charge < -0.3 is 15.2 Å². The molecule has 0 fully saturated rings. The molecule has 0 atom stereocenters. The zero-order chi connectivity index (χ0) is 15.6. The van der Waals surface area contributed by atoms with E-state index in [2.05, 4.69) is 37.2 Å². The van der Waals surface area contributed by atoms with Gasteiger partial charge in [0.25, 0.3) is 5.91 Å². The topological polar surface area (TPSA) is 58.6 Å². The predicted octanol–water partition coefficient (Wildman–Crippen LogP) is 4.32. The maximum Gasteiger partial charge on any atom is 0.258 e. The van der Waals surface area contributed by atoms with Crippen molar-refractivity contribution in [1.82, 2.24) is 0 Å². The number of rotatable bonds is 3. The standard InChI is InChI=1S/C14H10Br2FNO3/c1-21-13-6-12(9(15)5-10(13)16)18-14(20)8-3-2-7(19)4-11(8)17/h2-6,19H,1H3,(H,18,20). The van der Waals surface area contributed by atoms with Crippen LogP contribution in [0.5, 0.6) is 11.5 Å². The number of nitrogens with one attached hydrogen (secondary N) is 1. The summed E-state index contributed by atoms with van der Waals surface area (Å²) in [5.74, 6) is -1.14. The molecule has 110 valence electrons. The Balaban J connectivity index is 2.31. The van der Waals surface area contributed by atoms with Gasteiger partial charge in [0.1, 0.15) is 17.3 Å². The van der Waals surface area contributed by atoms with E-state index in [1.165, 1.54) is 19.2 Å². The second-order valence-electron chi connectivity index (χ2n) is 4.08. The summed E-state index contributed by atoms with van der Waals surface area (Å²) < 4.78 is 20.1. The van der Waals surface area contributed by atoms with Gasteiger partial charge in [-0.15, -0.1) is 0 Å². The van der Waals surface area contributed by atoms with E-state index in [9.17, 15) is 9.18 Å². The molecule has 0 aliphatic carbocycles. The molecule has 0 aliphatic rings. The van der Waals surface area contributed by atoms with Crippen LogP contribution in [-0.4, -0.2) is 18.1 Å². The second-order valence-corrected chi connectivity index (χ2v) is 5.79. The third-order valence-electron chi connectivity index (χ3n) is 2.69. The molecule has 2 aromatic rings. The van der Waals surface area contributed by atoms with Crippen LogP contribution in [0.3, 0.4) is 0 Å². The van der Waals surface area contributed by atoms with Crippen molar-refractivity contribution in [1.29, 1.82) is 0 Å². The van der Waals surface area contributed by atoms with Crippen LogP contribution < -0.4 is 10.1 Å². The summed E-state index contributed by atoms with van der Waals surface area (Å²) in [6.45, 7) is 0. The Bertz CT molecular complexity index is 707. The molecule has 0 radical (unpaired) electrons. The molecule has 0 unspecified atom stereocenters. The van der Waals surface area contributed by atoms with E-state index in [1.54, 1.807) is 12.1 Å². The van der Waals surface area contributed by atoms with Crippen molar-refractivity contribution in [3.8, 4) is 11.5 Å². The molecular weight excluding hydrogens is 409 g/mol. The van der Waals surface area contributed by atoms with Gasteiger partial charge in [0.2, 0.25) is 0 Å². The normalized spacial score (nSPS) is 10.3. The summed E-state index contributed by atoms with van der Waals surface area (Å²) in [4.78, 5) is 12.1. The molecule has 4 nitrogen and oxygen atoms in total. The molecule has 2 rings (SSSR count). The van der Waals surface area contributed by atoms with Crippen molar-refractivity contribution in [2.75, 3.05) is 12.4 Å². The van der Waals surface area contributed by atoms with Crippen molar-refractivity contribution in [3.05, 3.63) is 50.7 Å². The number of methoxy groups -OCH3 is 1. The van der Waals surface area contributed by atoms with E-state index in [4.69, 9.17) is 9.84 Å². The van der Waals surface area contributed by atoms with E-state index in [-0.39, 0.29) is 11.3 Å². The number of aromatic hydroxyl groups is 1. The Hall–Kier alpha value is -1.60. The number of hydrogen-bond acceptors (Lipinski definition) is 3.